The molecule has 1 saturated heterocycles. The number of nitrogens with zero attached hydrogens (tertiary/aromatic N) is 4. The molecule has 0 saturated carbocycles. The van der Waals surface area contributed by atoms with Crippen molar-refractivity contribution >= 4 is 28.7 Å². The van der Waals surface area contributed by atoms with Crippen molar-refractivity contribution in [2.75, 3.05) is 31.1 Å². The summed E-state index contributed by atoms with van der Waals surface area (Å²) in [6, 6.07) is 18.7. The van der Waals surface area contributed by atoms with Crippen LogP contribution in [0.4, 0.5) is 6.01 Å². The van der Waals surface area contributed by atoms with Gasteiger partial charge in [-0.05, 0) is 37.0 Å². The summed E-state index contributed by atoms with van der Waals surface area (Å²) in [4.78, 5) is 27.1. The second kappa shape index (κ2) is 8.79. The number of para-hydroxylation sites is 2. The number of benzene rings is 2. The highest BCUT2D eigenvalue weighted by Crippen LogP contribution is 2.23. The highest BCUT2D eigenvalue weighted by atomic mass is 16.6. The molecule has 1 amide bonds. The summed E-state index contributed by atoms with van der Waals surface area (Å²) in [5.41, 5.74) is 3.88. The number of carbonyl (C=O) groups excluding carboxylic acids is 1. The molecule has 7 heteroatoms. The number of hydrogen-bond donors (Lipinski definition) is 0. The highest BCUT2D eigenvalue weighted by molar-refractivity contribution is 5.93. The lowest BCUT2D eigenvalue weighted by Gasteiger charge is -2.23. The zero-order valence-electron chi connectivity index (χ0n) is 17.4. The van der Waals surface area contributed by atoms with Crippen LogP contribution < -0.4 is 4.90 Å². The van der Waals surface area contributed by atoms with Gasteiger partial charge in [-0.1, -0.05) is 47.6 Å². The molecule has 5 rings (SSSR count). The highest BCUT2D eigenvalue weighted by Gasteiger charge is 2.33. The molecule has 0 bridgehead atoms. The van der Waals surface area contributed by atoms with Crippen LogP contribution in [0.5, 0.6) is 0 Å². The van der Waals surface area contributed by atoms with E-state index in [2.05, 4.69) is 27.2 Å². The molecule has 2 aromatic carbocycles. The van der Waals surface area contributed by atoms with Crippen LogP contribution in [0.1, 0.15) is 24.8 Å². The van der Waals surface area contributed by atoms with Crippen LogP contribution in [0.25, 0.3) is 11.1 Å². The number of oxime groups is 1. The quantitative estimate of drug-likeness (QED) is 0.633. The zero-order valence-corrected chi connectivity index (χ0v) is 17.4. The summed E-state index contributed by atoms with van der Waals surface area (Å²) in [6.45, 7) is 2.82. The van der Waals surface area contributed by atoms with Crippen molar-refractivity contribution < 1.29 is 14.0 Å². The summed E-state index contributed by atoms with van der Waals surface area (Å²) in [5.74, 6) is 0.0258. The fourth-order valence-electron chi connectivity index (χ4n) is 4.17. The van der Waals surface area contributed by atoms with E-state index in [0.717, 1.165) is 42.6 Å². The maximum atomic E-state index is 13.0. The molecule has 1 atom stereocenters. The van der Waals surface area contributed by atoms with Gasteiger partial charge in [-0.15, -0.1) is 0 Å². The van der Waals surface area contributed by atoms with Gasteiger partial charge < -0.3 is 19.1 Å². The van der Waals surface area contributed by atoms with E-state index >= 15 is 0 Å². The van der Waals surface area contributed by atoms with Crippen LogP contribution >= 0.6 is 0 Å². The number of hydrogen-bond acceptors (Lipinski definition) is 6. The molecule has 3 heterocycles. The van der Waals surface area contributed by atoms with Gasteiger partial charge in [0, 0.05) is 32.6 Å². The first kappa shape index (κ1) is 19.6. The third kappa shape index (κ3) is 4.40. The van der Waals surface area contributed by atoms with Crippen molar-refractivity contribution in [3.8, 4) is 0 Å². The Morgan fingerprint density at radius 1 is 0.968 bits per heavy atom. The van der Waals surface area contributed by atoms with Crippen molar-refractivity contribution in [2.24, 2.45) is 5.16 Å². The van der Waals surface area contributed by atoms with Gasteiger partial charge in [0.2, 0.25) is 6.10 Å². The average molecular weight is 418 g/mol. The minimum Gasteiger partial charge on any atom is -0.423 e. The lowest BCUT2D eigenvalue weighted by atomic mass is 10.0. The number of rotatable bonds is 5. The molecule has 160 valence electrons. The molecular formula is C24H26N4O3. The number of amides is 1. The minimum atomic E-state index is -0.498. The molecule has 0 radical (unpaired) electrons. The van der Waals surface area contributed by atoms with E-state index in [4.69, 9.17) is 9.25 Å². The van der Waals surface area contributed by atoms with E-state index in [0.29, 0.717) is 32.1 Å². The maximum Gasteiger partial charge on any atom is 0.298 e. The van der Waals surface area contributed by atoms with E-state index in [9.17, 15) is 4.79 Å². The fraction of sp³-hybridized carbons (Fsp3) is 0.375. The molecule has 1 aromatic heterocycles. The molecule has 3 aromatic rings. The topological polar surface area (TPSA) is 71.2 Å². The minimum absolute atomic E-state index is 0.0258. The van der Waals surface area contributed by atoms with E-state index in [1.807, 2.05) is 47.4 Å². The van der Waals surface area contributed by atoms with E-state index < -0.39 is 6.10 Å². The first-order chi connectivity index (χ1) is 15.3. The SMILES string of the molecule is O=C([C@H]1CC(CCc2ccccc2)=NO1)N1CCCN(c2nc3ccccc3o2)CC1. The third-order valence-electron chi connectivity index (χ3n) is 5.91. The van der Waals surface area contributed by atoms with Crippen LogP contribution in [-0.4, -0.2) is 53.8 Å². The molecule has 0 N–H and O–H groups in total. The lowest BCUT2D eigenvalue weighted by Crippen LogP contribution is -2.41. The summed E-state index contributed by atoms with van der Waals surface area (Å²) in [6.07, 6.45) is 2.67. The molecule has 1 fully saturated rings. The molecule has 7 nitrogen and oxygen atoms in total. The molecule has 31 heavy (non-hydrogen) atoms. The Morgan fingerprint density at radius 3 is 2.68 bits per heavy atom. The summed E-state index contributed by atoms with van der Waals surface area (Å²) >= 11 is 0. The Balaban J connectivity index is 1.15. The van der Waals surface area contributed by atoms with Crippen molar-refractivity contribution in [3.63, 3.8) is 0 Å². The van der Waals surface area contributed by atoms with Crippen LogP contribution in [0, 0.1) is 0 Å². The largest absolute Gasteiger partial charge is 0.423 e. The summed E-state index contributed by atoms with van der Waals surface area (Å²) in [5, 5.41) is 4.19. The maximum absolute atomic E-state index is 13.0. The Bertz CT molecular complexity index is 1050. The van der Waals surface area contributed by atoms with Crippen molar-refractivity contribution in [3.05, 3.63) is 60.2 Å². The van der Waals surface area contributed by atoms with Gasteiger partial charge in [0.25, 0.3) is 11.9 Å². The van der Waals surface area contributed by atoms with Crippen molar-refractivity contribution in [1.82, 2.24) is 9.88 Å². The fourth-order valence-corrected chi connectivity index (χ4v) is 4.17. The average Bonchev–Trinajstić information content (AvgIpc) is 3.39. The Kier molecular flexibility index (Phi) is 5.56. The van der Waals surface area contributed by atoms with Crippen molar-refractivity contribution in [1.29, 1.82) is 0 Å². The van der Waals surface area contributed by atoms with Crippen LogP contribution in [0.3, 0.4) is 0 Å². The first-order valence-corrected chi connectivity index (χ1v) is 10.9. The number of aryl methyl sites for hydroxylation is 1. The number of carbonyl (C=O) groups is 1. The molecule has 0 aliphatic carbocycles. The predicted octanol–water partition coefficient (Wildman–Crippen LogP) is 3.64. The van der Waals surface area contributed by atoms with Crippen LogP contribution in [0.15, 0.2) is 64.2 Å². The van der Waals surface area contributed by atoms with E-state index in [-0.39, 0.29) is 5.91 Å². The Hall–Kier alpha value is -3.35. The normalized spacial score (nSPS) is 19.2. The molecule has 2 aliphatic rings. The second-order valence-electron chi connectivity index (χ2n) is 8.07. The molecule has 0 spiro atoms. The third-order valence-corrected chi connectivity index (χ3v) is 5.91. The number of anilines is 1. The van der Waals surface area contributed by atoms with Gasteiger partial charge >= 0.3 is 0 Å². The Labute approximate surface area is 181 Å². The number of oxazole rings is 1. The lowest BCUT2D eigenvalue weighted by molar-refractivity contribution is -0.141. The summed E-state index contributed by atoms with van der Waals surface area (Å²) in [7, 11) is 0. The smallest absolute Gasteiger partial charge is 0.298 e. The van der Waals surface area contributed by atoms with Crippen molar-refractivity contribution in [2.45, 2.75) is 31.8 Å². The van der Waals surface area contributed by atoms with Gasteiger partial charge in [-0.3, -0.25) is 4.79 Å². The van der Waals surface area contributed by atoms with E-state index in [1.165, 1.54) is 5.56 Å². The monoisotopic (exact) mass is 418 g/mol. The van der Waals surface area contributed by atoms with E-state index in [1.54, 1.807) is 0 Å². The van der Waals surface area contributed by atoms with Crippen LogP contribution in [-0.2, 0) is 16.1 Å². The van der Waals surface area contributed by atoms with Gasteiger partial charge in [0.05, 0.1) is 5.71 Å². The second-order valence-corrected chi connectivity index (χ2v) is 8.07. The number of fused-ring (bicyclic) bond motifs is 1. The van der Waals surface area contributed by atoms with Gasteiger partial charge in [-0.2, -0.15) is 4.98 Å². The van der Waals surface area contributed by atoms with Gasteiger partial charge in [0.15, 0.2) is 5.58 Å². The predicted molar refractivity (Wildman–Crippen MR) is 119 cm³/mol. The molecule has 2 aliphatic heterocycles. The van der Waals surface area contributed by atoms with Gasteiger partial charge in [0.1, 0.15) is 5.52 Å². The molecular weight excluding hydrogens is 392 g/mol. The molecule has 0 unspecified atom stereocenters. The first-order valence-electron chi connectivity index (χ1n) is 10.9. The number of aromatic nitrogens is 1. The Morgan fingerprint density at radius 2 is 1.81 bits per heavy atom. The summed E-state index contributed by atoms with van der Waals surface area (Å²) < 4.78 is 5.90. The van der Waals surface area contributed by atoms with Gasteiger partial charge in [-0.25, -0.2) is 0 Å². The standard InChI is InChI=1S/C24H26N4O3/c29-23(22-17-19(26-31-22)12-11-18-7-2-1-3-8-18)27-13-6-14-28(16-15-27)24-25-20-9-4-5-10-21(20)30-24/h1-5,7-10,22H,6,11-17H2/t22-/m1/s1. The van der Waals surface area contributed by atoms with Crippen LogP contribution in [0.2, 0.25) is 0 Å². The zero-order chi connectivity index (χ0) is 21.0.